The lowest BCUT2D eigenvalue weighted by molar-refractivity contribution is -0.385. The second-order valence-corrected chi connectivity index (χ2v) is 8.34. The Morgan fingerprint density at radius 3 is 2.47 bits per heavy atom. The Balaban J connectivity index is 2.24. The fraction of sp³-hybridized carbons (Fsp3) is 0.360. The van der Waals surface area contributed by atoms with Gasteiger partial charge < -0.3 is 19.8 Å². The second kappa shape index (κ2) is 9.94. The predicted molar refractivity (Wildman–Crippen MR) is 126 cm³/mol. The predicted octanol–water partition coefficient (Wildman–Crippen LogP) is 4.65. The van der Waals surface area contributed by atoms with Crippen LogP contribution in [-0.4, -0.2) is 44.9 Å². The normalized spacial score (nSPS) is 17.4. The van der Waals surface area contributed by atoms with E-state index in [9.17, 15) is 29.9 Å². The molecule has 1 aliphatic rings. The highest BCUT2D eigenvalue weighted by atomic mass is 16.6. The summed E-state index contributed by atoms with van der Waals surface area (Å²) in [4.78, 5) is 37.8. The van der Waals surface area contributed by atoms with Crippen LogP contribution >= 0.6 is 0 Å². The molecule has 9 heteroatoms. The molecule has 2 aromatic carbocycles. The van der Waals surface area contributed by atoms with E-state index in [2.05, 4.69) is 0 Å². The number of hydrogen-bond donors (Lipinski definition) is 2. The van der Waals surface area contributed by atoms with Crippen molar-refractivity contribution in [2.75, 3.05) is 13.2 Å². The zero-order valence-corrected chi connectivity index (χ0v) is 19.6. The van der Waals surface area contributed by atoms with Gasteiger partial charge >= 0.3 is 5.69 Å². The summed E-state index contributed by atoms with van der Waals surface area (Å²) in [7, 11) is 0. The molecule has 1 heterocycles. The number of phenols is 1. The molecule has 2 N–H and O–H groups in total. The number of ketones is 1. The van der Waals surface area contributed by atoms with Crippen LogP contribution in [0.3, 0.4) is 0 Å². The standard InChI is InChI=1S/C25H28N2O7/c1-5-11-26-22(15-7-9-19(28)18(13-15)27(32)33)21(24(30)25(26)31)23(29)16-8-10-20(34-6-2)17(12-16)14(3)4/h7-10,12-14,22,28-29H,5-6,11H2,1-4H3/b23-21-. The number of nitro benzene ring substituents is 1. The Labute approximate surface area is 197 Å². The number of benzene rings is 2. The smallest absolute Gasteiger partial charge is 0.311 e. The number of likely N-dealkylation sites (tertiary alicyclic amines) is 1. The van der Waals surface area contributed by atoms with Gasteiger partial charge in [0.25, 0.3) is 11.7 Å². The molecule has 3 rings (SSSR count). The third-order valence-corrected chi connectivity index (χ3v) is 5.72. The van der Waals surface area contributed by atoms with E-state index in [0.29, 0.717) is 24.3 Å². The number of nitro groups is 1. The van der Waals surface area contributed by atoms with Gasteiger partial charge in [0.05, 0.1) is 23.1 Å². The fourth-order valence-corrected chi connectivity index (χ4v) is 4.14. The molecule has 0 aromatic heterocycles. The van der Waals surface area contributed by atoms with Crippen molar-refractivity contribution in [3.8, 4) is 11.5 Å². The highest BCUT2D eigenvalue weighted by molar-refractivity contribution is 6.46. The van der Waals surface area contributed by atoms with Gasteiger partial charge in [-0.25, -0.2) is 0 Å². The van der Waals surface area contributed by atoms with Crippen LogP contribution in [0.2, 0.25) is 0 Å². The van der Waals surface area contributed by atoms with Gasteiger partial charge in [-0.1, -0.05) is 26.8 Å². The lowest BCUT2D eigenvalue weighted by atomic mass is 9.93. The van der Waals surface area contributed by atoms with E-state index >= 15 is 0 Å². The summed E-state index contributed by atoms with van der Waals surface area (Å²) in [6, 6.07) is 7.67. The van der Waals surface area contributed by atoms with Gasteiger partial charge in [-0.3, -0.25) is 19.7 Å². The number of phenolic OH excluding ortho intramolecular Hbond substituents is 1. The monoisotopic (exact) mass is 468 g/mol. The van der Waals surface area contributed by atoms with E-state index in [1.54, 1.807) is 18.2 Å². The molecule has 0 bridgehead atoms. The Morgan fingerprint density at radius 2 is 1.88 bits per heavy atom. The molecule has 0 saturated carbocycles. The first-order valence-electron chi connectivity index (χ1n) is 11.1. The first-order valence-corrected chi connectivity index (χ1v) is 11.1. The minimum Gasteiger partial charge on any atom is -0.507 e. The molecule has 1 atom stereocenters. The van der Waals surface area contributed by atoms with Gasteiger partial charge in [-0.05, 0) is 54.7 Å². The molecule has 0 spiro atoms. The van der Waals surface area contributed by atoms with Crippen molar-refractivity contribution in [3.63, 3.8) is 0 Å². The fourth-order valence-electron chi connectivity index (χ4n) is 4.14. The Bertz CT molecular complexity index is 1170. The lowest BCUT2D eigenvalue weighted by Gasteiger charge is -2.25. The molecule has 2 aromatic rings. The maximum absolute atomic E-state index is 13.0. The van der Waals surface area contributed by atoms with Gasteiger partial charge in [0.2, 0.25) is 0 Å². The molecule has 1 aliphatic heterocycles. The molecule has 1 unspecified atom stereocenters. The number of nitrogens with zero attached hydrogens (tertiary/aromatic N) is 2. The van der Waals surface area contributed by atoms with Crippen LogP contribution in [0.15, 0.2) is 42.0 Å². The highest BCUT2D eigenvalue weighted by Gasteiger charge is 2.46. The number of aliphatic hydroxyl groups excluding tert-OH is 1. The van der Waals surface area contributed by atoms with Crippen molar-refractivity contribution in [1.82, 2.24) is 4.90 Å². The van der Waals surface area contributed by atoms with Crippen LogP contribution in [0.4, 0.5) is 5.69 Å². The summed E-state index contributed by atoms with van der Waals surface area (Å²) in [6.07, 6.45) is 0.532. The van der Waals surface area contributed by atoms with Gasteiger partial charge in [0.15, 0.2) is 5.75 Å². The number of carbonyl (C=O) groups excluding carboxylic acids is 2. The number of ether oxygens (including phenoxy) is 1. The average molecular weight is 469 g/mol. The number of Topliss-reactive ketones (excluding diaryl/α,β-unsaturated/α-hetero) is 1. The first kappa shape index (κ1) is 24.8. The zero-order chi connectivity index (χ0) is 25.2. The van der Waals surface area contributed by atoms with E-state index in [0.717, 1.165) is 17.7 Å². The van der Waals surface area contributed by atoms with Crippen molar-refractivity contribution in [2.24, 2.45) is 0 Å². The van der Waals surface area contributed by atoms with E-state index < -0.39 is 34.1 Å². The largest absolute Gasteiger partial charge is 0.507 e. The molecular formula is C25H28N2O7. The van der Waals surface area contributed by atoms with Gasteiger partial charge in [0, 0.05) is 18.2 Å². The summed E-state index contributed by atoms with van der Waals surface area (Å²) in [5.74, 6) is -1.85. The SMILES string of the molecule is CCCN1C(=O)C(=O)/C(=C(\O)c2ccc(OCC)c(C(C)C)c2)C1c1ccc(O)c([N+](=O)[O-])c1. The molecule has 34 heavy (non-hydrogen) atoms. The van der Waals surface area contributed by atoms with E-state index in [1.165, 1.54) is 11.0 Å². The van der Waals surface area contributed by atoms with Crippen molar-refractivity contribution in [1.29, 1.82) is 0 Å². The highest BCUT2D eigenvalue weighted by Crippen LogP contribution is 2.42. The minimum absolute atomic E-state index is 0.0624. The third kappa shape index (κ3) is 4.46. The third-order valence-electron chi connectivity index (χ3n) is 5.72. The Kier molecular flexibility index (Phi) is 7.24. The van der Waals surface area contributed by atoms with E-state index in [-0.39, 0.29) is 29.4 Å². The summed E-state index contributed by atoms with van der Waals surface area (Å²) >= 11 is 0. The van der Waals surface area contributed by atoms with Crippen molar-refractivity contribution in [3.05, 3.63) is 68.8 Å². The van der Waals surface area contributed by atoms with Crippen molar-refractivity contribution >= 4 is 23.1 Å². The Morgan fingerprint density at radius 1 is 1.18 bits per heavy atom. The molecule has 9 nitrogen and oxygen atoms in total. The summed E-state index contributed by atoms with van der Waals surface area (Å²) < 4.78 is 5.67. The maximum Gasteiger partial charge on any atom is 0.311 e. The number of hydrogen-bond acceptors (Lipinski definition) is 7. The van der Waals surface area contributed by atoms with Crippen molar-refractivity contribution in [2.45, 2.75) is 46.1 Å². The summed E-state index contributed by atoms with van der Waals surface area (Å²) in [5, 5.41) is 32.5. The number of amides is 1. The van der Waals surface area contributed by atoms with Crippen LogP contribution in [0.5, 0.6) is 11.5 Å². The number of aliphatic hydroxyl groups is 1. The quantitative estimate of drug-likeness (QED) is 0.189. The van der Waals surface area contributed by atoms with E-state index in [1.807, 2.05) is 27.7 Å². The molecule has 0 radical (unpaired) electrons. The zero-order valence-electron chi connectivity index (χ0n) is 19.6. The first-order chi connectivity index (χ1) is 16.1. The van der Waals surface area contributed by atoms with Crippen LogP contribution in [0.25, 0.3) is 5.76 Å². The topological polar surface area (TPSA) is 130 Å². The second-order valence-electron chi connectivity index (χ2n) is 8.34. The van der Waals surface area contributed by atoms with Gasteiger partial charge in [0.1, 0.15) is 11.5 Å². The van der Waals surface area contributed by atoms with Gasteiger partial charge in [-0.2, -0.15) is 0 Å². The molecule has 1 fully saturated rings. The molecule has 1 amide bonds. The average Bonchev–Trinajstić information content (AvgIpc) is 3.04. The van der Waals surface area contributed by atoms with Gasteiger partial charge in [-0.15, -0.1) is 0 Å². The molecular weight excluding hydrogens is 440 g/mol. The minimum atomic E-state index is -1.03. The number of aromatic hydroxyl groups is 1. The number of rotatable bonds is 8. The van der Waals surface area contributed by atoms with Crippen LogP contribution < -0.4 is 4.74 Å². The van der Waals surface area contributed by atoms with E-state index in [4.69, 9.17) is 4.74 Å². The molecule has 1 saturated heterocycles. The molecule has 0 aliphatic carbocycles. The Hall–Kier alpha value is -3.88. The van der Waals surface area contributed by atoms with Crippen LogP contribution in [0.1, 0.15) is 62.8 Å². The molecule has 180 valence electrons. The maximum atomic E-state index is 13.0. The lowest BCUT2D eigenvalue weighted by Crippen LogP contribution is -2.30. The van der Waals surface area contributed by atoms with Crippen LogP contribution in [-0.2, 0) is 9.59 Å². The van der Waals surface area contributed by atoms with Crippen molar-refractivity contribution < 1.29 is 29.5 Å². The summed E-state index contributed by atoms with van der Waals surface area (Å²) in [5.41, 5.74) is 0.694. The summed E-state index contributed by atoms with van der Waals surface area (Å²) in [6.45, 7) is 8.31. The number of carbonyl (C=O) groups is 2. The van der Waals surface area contributed by atoms with Crippen LogP contribution in [0, 0.1) is 10.1 Å².